The van der Waals surface area contributed by atoms with Gasteiger partial charge in [-0.05, 0) is 39.7 Å². The fourth-order valence-corrected chi connectivity index (χ4v) is 2.01. The van der Waals surface area contributed by atoms with Crippen LogP contribution in [0.25, 0.3) is 0 Å². The Morgan fingerprint density at radius 1 is 1.30 bits per heavy atom. The van der Waals surface area contributed by atoms with Crippen LogP contribution >= 0.6 is 15.9 Å². The van der Waals surface area contributed by atoms with E-state index < -0.39 is 17.6 Å². The fourth-order valence-electron chi connectivity index (χ4n) is 1.59. The van der Waals surface area contributed by atoms with Crippen LogP contribution in [0.4, 0.5) is 13.2 Å². The third-order valence-electron chi connectivity index (χ3n) is 2.57. The minimum Gasteiger partial charge on any atom is -0.457 e. The van der Waals surface area contributed by atoms with Crippen LogP contribution in [0.2, 0.25) is 0 Å². The Morgan fingerprint density at radius 3 is 2.65 bits per heavy atom. The summed E-state index contributed by atoms with van der Waals surface area (Å²) in [6.45, 7) is 0.000370. The number of hydrogen-bond acceptors (Lipinski definition) is 2. The number of hydrogen-bond donors (Lipinski definition) is 1. The molecule has 2 aromatic rings. The third-order valence-corrected chi connectivity index (χ3v) is 3.18. The van der Waals surface area contributed by atoms with Gasteiger partial charge < -0.3 is 9.73 Å². The smallest absolute Gasteiger partial charge is 0.416 e. The first-order valence-corrected chi connectivity index (χ1v) is 6.34. The predicted octanol–water partition coefficient (Wildman–Crippen LogP) is 3.99. The standard InChI is InChI=1S/C13H9BrF3NO2/c14-11-10(4-5-20-11)12(19)18-7-8-2-1-3-9(6-8)13(15,16)17/h1-6H,7H2,(H,18,19). The number of carbonyl (C=O) groups excluding carboxylic acids is 1. The van der Waals surface area contributed by atoms with Gasteiger partial charge in [0.15, 0.2) is 4.67 Å². The molecule has 106 valence electrons. The molecule has 7 heteroatoms. The van der Waals surface area contributed by atoms with Gasteiger partial charge in [0, 0.05) is 6.54 Å². The summed E-state index contributed by atoms with van der Waals surface area (Å²) in [7, 11) is 0. The highest BCUT2D eigenvalue weighted by atomic mass is 79.9. The second-order valence-electron chi connectivity index (χ2n) is 3.99. The summed E-state index contributed by atoms with van der Waals surface area (Å²) < 4.78 is 42.8. The zero-order valence-corrected chi connectivity index (χ0v) is 11.6. The largest absolute Gasteiger partial charge is 0.457 e. The summed E-state index contributed by atoms with van der Waals surface area (Å²) >= 11 is 3.05. The Balaban J connectivity index is 2.05. The van der Waals surface area contributed by atoms with Gasteiger partial charge in [-0.2, -0.15) is 13.2 Å². The van der Waals surface area contributed by atoms with Crippen molar-refractivity contribution in [1.82, 2.24) is 5.32 Å². The lowest BCUT2D eigenvalue weighted by molar-refractivity contribution is -0.137. The SMILES string of the molecule is O=C(NCc1cccc(C(F)(F)F)c1)c1ccoc1Br. The Morgan fingerprint density at radius 2 is 2.05 bits per heavy atom. The molecule has 0 bridgehead atoms. The van der Waals surface area contributed by atoms with Crippen molar-refractivity contribution in [3.63, 3.8) is 0 Å². The maximum absolute atomic E-state index is 12.5. The van der Waals surface area contributed by atoms with Crippen molar-refractivity contribution in [2.24, 2.45) is 0 Å². The van der Waals surface area contributed by atoms with Gasteiger partial charge in [0.2, 0.25) is 0 Å². The summed E-state index contributed by atoms with van der Waals surface area (Å²) in [4.78, 5) is 11.8. The molecule has 2 rings (SSSR count). The van der Waals surface area contributed by atoms with E-state index in [1.54, 1.807) is 0 Å². The molecule has 0 spiro atoms. The van der Waals surface area contributed by atoms with Gasteiger partial charge in [-0.15, -0.1) is 0 Å². The first kappa shape index (κ1) is 14.6. The van der Waals surface area contributed by atoms with Gasteiger partial charge in [-0.3, -0.25) is 4.79 Å². The van der Waals surface area contributed by atoms with Crippen molar-refractivity contribution >= 4 is 21.8 Å². The van der Waals surface area contributed by atoms with Crippen molar-refractivity contribution in [3.8, 4) is 0 Å². The Bertz CT molecular complexity index is 622. The molecule has 0 aliphatic rings. The lowest BCUT2D eigenvalue weighted by Crippen LogP contribution is -2.22. The fraction of sp³-hybridized carbons (Fsp3) is 0.154. The molecule has 0 saturated heterocycles. The number of benzene rings is 1. The molecule has 20 heavy (non-hydrogen) atoms. The number of carbonyl (C=O) groups is 1. The summed E-state index contributed by atoms with van der Waals surface area (Å²) in [6, 6.07) is 6.27. The van der Waals surface area contributed by atoms with Gasteiger partial charge in [0.1, 0.15) is 0 Å². The second-order valence-corrected chi connectivity index (χ2v) is 4.71. The van der Waals surface area contributed by atoms with Crippen LogP contribution < -0.4 is 5.32 Å². The highest BCUT2D eigenvalue weighted by Crippen LogP contribution is 2.29. The highest BCUT2D eigenvalue weighted by molar-refractivity contribution is 9.10. The number of furan rings is 1. The number of amides is 1. The van der Waals surface area contributed by atoms with Crippen LogP contribution in [-0.4, -0.2) is 5.91 Å². The minimum atomic E-state index is -4.40. The van der Waals surface area contributed by atoms with E-state index in [1.165, 1.54) is 24.5 Å². The van der Waals surface area contributed by atoms with E-state index in [1.807, 2.05) is 0 Å². The van der Waals surface area contributed by atoms with Gasteiger partial charge in [-0.25, -0.2) is 0 Å². The molecule has 0 fully saturated rings. The average Bonchev–Trinajstić information content (AvgIpc) is 2.82. The monoisotopic (exact) mass is 347 g/mol. The lowest BCUT2D eigenvalue weighted by atomic mass is 10.1. The molecular formula is C13H9BrF3NO2. The second kappa shape index (κ2) is 5.70. The van der Waals surface area contributed by atoms with E-state index in [2.05, 4.69) is 21.2 Å². The molecule has 1 heterocycles. The van der Waals surface area contributed by atoms with Crippen LogP contribution in [0.1, 0.15) is 21.5 Å². The summed E-state index contributed by atoms with van der Waals surface area (Å²) in [6.07, 6.45) is -3.06. The molecule has 0 atom stereocenters. The van der Waals surface area contributed by atoms with Crippen LogP contribution in [0.3, 0.4) is 0 Å². The maximum atomic E-state index is 12.5. The van der Waals surface area contributed by atoms with E-state index in [9.17, 15) is 18.0 Å². The molecule has 1 N–H and O–H groups in total. The Hall–Kier alpha value is -1.76. The molecule has 0 aliphatic heterocycles. The molecule has 3 nitrogen and oxygen atoms in total. The minimum absolute atomic E-state index is 0.000370. The van der Waals surface area contributed by atoms with E-state index in [0.29, 0.717) is 5.56 Å². The van der Waals surface area contributed by atoms with E-state index in [0.717, 1.165) is 12.1 Å². The zero-order valence-electron chi connectivity index (χ0n) is 10.00. The van der Waals surface area contributed by atoms with E-state index in [4.69, 9.17) is 4.42 Å². The van der Waals surface area contributed by atoms with Crippen molar-refractivity contribution in [3.05, 3.63) is 58.0 Å². The number of halogens is 4. The van der Waals surface area contributed by atoms with E-state index >= 15 is 0 Å². The summed E-state index contributed by atoms with van der Waals surface area (Å²) in [5.41, 5.74) is -0.0847. The molecular weight excluding hydrogens is 339 g/mol. The third kappa shape index (κ3) is 3.41. The van der Waals surface area contributed by atoms with Crippen LogP contribution in [0, 0.1) is 0 Å². The van der Waals surface area contributed by atoms with Gasteiger partial charge in [-0.1, -0.05) is 12.1 Å². The lowest BCUT2D eigenvalue weighted by Gasteiger charge is -2.09. The van der Waals surface area contributed by atoms with E-state index in [-0.39, 0.29) is 16.8 Å². The molecule has 1 aromatic heterocycles. The summed E-state index contributed by atoms with van der Waals surface area (Å²) in [5, 5.41) is 2.52. The quantitative estimate of drug-likeness (QED) is 0.911. The molecule has 1 amide bonds. The van der Waals surface area contributed by atoms with Gasteiger partial charge in [0.25, 0.3) is 5.91 Å². The normalized spacial score (nSPS) is 11.4. The first-order valence-electron chi connectivity index (χ1n) is 5.55. The van der Waals surface area contributed by atoms with Gasteiger partial charge in [0.05, 0.1) is 17.4 Å². The highest BCUT2D eigenvalue weighted by Gasteiger charge is 2.30. The summed E-state index contributed by atoms with van der Waals surface area (Å²) in [5.74, 6) is -0.428. The van der Waals surface area contributed by atoms with Gasteiger partial charge >= 0.3 is 6.18 Å². The Labute approximate surface area is 120 Å². The van der Waals surface area contributed by atoms with Crippen molar-refractivity contribution in [2.75, 3.05) is 0 Å². The van der Waals surface area contributed by atoms with Crippen molar-refractivity contribution in [1.29, 1.82) is 0 Å². The van der Waals surface area contributed by atoms with Crippen molar-refractivity contribution < 1.29 is 22.4 Å². The van der Waals surface area contributed by atoms with Crippen LogP contribution in [0.5, 0.6) is 0 Å². The zero-order chi connectivity index (χ0) is 14.8. The average molecular weight is 348 g/mol. The predicted molar refractivity (Wildman–Crippen MR) is 69.0 cm³/mol. The number of alkyl halides is 3. The number of nitrogens with one attached hydrogen (secondary N) is 1. The van der Waals surface area contributed by atoms with Crippen LogP contribution in [0.15, 0.2) is 45.7 Å². The molecule has 1 aromatic carbocycles. The molecule has 0 saturated carbocycles. The van der Waals surface area contributed by atoms with Crippen molar-refractivity contribution in [2.45, 2.75) is 12.7 Å². The first-order chi connectivity index (χ1) is 9.38. The number of rotatable bonds is 3. The Kier molecular flexibility index (Phi) is 4.17. The molecule has 0 unspecified atom stereocenters. The molecule has 0 radical (unpaired) electrons. The maximum Gasteiger partial charge on any atom is 0.416 e. The molecule has 0 aliphatic carbocycles. The topological polar surface area (TPSA) is 42.2 Å². The van der Waals surface area contributed by atoms with Crippen LogP contribution in [-0.2, 0) is 12.7 Å².